The molecule has 4 nitrogen and oxygen atoms in total. The van der Waals surface area contributed by atoms with E-state index in [9.17, 15) is 4.79 Å². The number of quaternary nitrogens is 1. The summed E-state index contributed by atoms with van der Waals surface area (Å²) in [5.41, 5.74) is 2.55. The van der Waals surface area contributed by atoms with E-state index in [0.717, 1.165) is 42.6 Å². The predicted octanol–water partition coefficient (Wildman–Crippen LogP) is 8.09. The summed E-state index contributed by atoms with van der Waals surface area (Å²) in [7, 11) is 4.48. The molecule has 0 saturated heterocycles. The van der Waals surface area contributed by atoms with Crippen molar-refractivity contribution in [1.29, 1.82) is 0 Å². The highest BCUT2D eigenvalue weighted by Crippen LogP contribution is 2.21. The maximum Gasteiger partial charge on any atom is 0.308 e. The van der Waals surface area contributed by atoms with Crippen LogP contribution in [0.15, 0.2) is 54.6 Å². The molecular formula is C32H50NO3+. The maximum atomic E-state index is 12.2. The van der Waals surface area contributed by atoms with Crippen molar-refractivity contribution in [3.05, 3.63) is 65.7 Å². The molecule has 0 aromatic heterocycles. The van der Waals surface area contributed by atoms with Gasteiger partial charge < -0.3 is 14.0 Å². The van der Waals surface area contributed by atoms with Crippen molar-refractivity contribution >= 4 is 5.97 Å². The van der Waals surface area contributed by atoms with E-state index in [1.807, 2.05) is 12.1 Å². The third-order valence-corrected chi connectivity index (χ3v) is 6.80. The summed E-state index contributed by atoms with van der Waals surface area (Å²) in [6, 6.07) is 18.7. The number of esters is 1. The Kier molecular flexibility index (Phi) is 14.9. The summed E-state index contributed by atoms with van der Waals surface area (Å²) in [5, 5.41) is 0. The molecule has 2 rings (SSSR count). The van der Waals surface area contributed by atoms with E-state index < -0.39 is 0 Å². The first-order chi connectivity index (χ1) is 17.5. The predicted molar refractivity (Wildman–Crippen MR) is 150 cm³/mol. The number of aryl methyl sites for hydroxylation is 1. The summed E-state index contributed by atoms with van der Waals surface area (Å²) in [5.74, 6) is 0.657. The van der Waals surface area contributed by atoms with Crippen LogP contribution < -0.4 is 4.74 Å². The van der Waals surface area contributed by atoms with Crippen LogP contribution in [0.25, 0.3) is 0 Å². The molecule has 0 fully saturated rings. The van der Waals surface area contributed by atoms with Gasteiger partial charge in [0.2, 0.25) is 6.79 Å². The summed E-state index contributed by atoms with van der Waals surface area (Å²) >= 11 is 0. The molecule has 0 heterocycles. The molecule has 0 aliphatic heterocycles. The van der Waals surface area contributed by atoms with E-state index in [1.165, 1.54) is 68.9 Å². The number of carbonyl (C=O) groups is 1. The van der Waals surface area contributed by atoms with Gasteiger partial charge in [-0.15, -0.1) is 0 Å². The van der Waals surface area contributed by atoms with Crippen LogP contribution in [0.3, 0.4) is 0 Å². The highest BCUT2D eigenvalue weighted by Gasteiger charge is 2.16. The van der Waals surface area contributed by atoms with E-state index >= 15 is 0 Å². The lowest BCUT2D eigenvalue weighted by molar-refractivity contribution is -0.903. The minimum Gasteiger partial charge on any atom is -0.457 e. The van der Waals surface area contributed by atoms with Crippen LogP contribution in [0.4, 0.5) is 0 Å². The number of nitrogens with zero attached hydrogens (tertiary/aromatic N) is 1. The van der Waals surface area contributed by atoms with Crippen LogP contribution in [-0.4, -0.2) is 37.9 Å². The van der Waals surface area contributed by atoms with Crippen molar-refractivity contribution in [2.75, 3.05) is 27.4 Å². The molecule has 0 aliphatic carbocycles. The van der Waals surface area contributed by atoms with Crippen molar-refractivity contribution in [3.8, 4) is 5.75 Å². The van der Waals surface area contributed by atoms with Gasteiger partial charge in [-0.1, -0.05) is 107 Å². The Hall–Kier alpha value is -2.33. The largest absolute Gasteiger partial charge is 0.457 e. The first-order valence-electron chi connectivity index (χ1n) is 14.2. The number of rotatable bonds is 20. The van der Waals surface area contributed by atoms with Crippen LogP contribution in [0, 0.1) is 0 Å². The number of ether oxygens (including phenoxy) is 2. The van der Waals surface area contributed by atoms with Crippen LogP contribution in [0.1, 0.15) is 95.1 Å². The molecule has 200 valence electrons. The van der Waals surface area contributed by atoms with Gasteiger partial charge in [-0.2, -0.15) is 0 Å². The SMILES string of the molecule is CCCCCCCCCCCc1ccccc1OCOC(=O)CCCC[N+](C)(C)Cc1ccccc1. The summed E-state index contributed by atoms with van der Waals surface area (Å²) in [6.07, 6.45) is 15.2. The van der Waals surface area contributed by atoms with E-state index in [0.29, 0.717) is 6.42 Å². The van der Waals surface area contributed by atoms with Crippen molar-refractivity contribution in [1.82, 2.24) is 0 Å². The molecular weight excluding hydrogens is 446 g/mol. The van der Waals surface area contributed by atoms with Gasteiger partial charge in [0.1, 0.15) is 12.3 Å². The average molecular weight is 497 g/mol. The number of para-hydroxylation sites is 1. The van der Waals surface area contributed by atoms with Crippen molar-refractivity contribution < 1.29 is 18.8 Å². The third kappa shape index (κ3) is 13.7. The summed E-state index contributed by atoms with van der Waals surface area (Å²) in [4.78, 5) is 12.2. The van der Waals surface area contributed by atoms with Crippen molar-refractivity contribution in [2.45, 2.75) is 96.9 Å². The number of hydrogen-bond acceptors (Lipinski definition) is 3. The molecule has 0 saturated carbocycles. The highest BCUT2D eigenvalue weighted by molar-refractivity contribution is 5.69. The molecule has 0 amide bonds. The summed E-state index contributed by atoms with van der Waals surface area (Å²) < 4.78 is 12.1. The van der Waals surface area contributed by atoms with Crippen molar-refractivity contribution in [3.63, 3.8) is 0 Å². The highest BCUT2D eigenvalue weighted by atomic mass is 16.7. The first-order valence-corrected chi connectivity index (χ1v) is 14.2. The molecule has 2 aromatic rings. The monoisotopic (exact) mass is 496 g/mol. The fourth-order valence-corrected chi connectivity index (χ4v) is 4.67. The summed E-state index contributed by atoms with van der Waals surface area (Å²) in [6.45, 7) is 4.29. The second-order valence-corrected chi connectivity index (χ2v) is 10.7. The zero-order valence-electron chi connectivity index (χ0n) is 23.2. The molecule has 0 bridgehead atoms. The van der Waals surface area contributed by atoms with Gasteiger partial charge in [0.25, 0.3) is 0 Å². The maximum absolute atomic E-state index is 12.2. The Balaban J connectivity index is 1.56. The minimum absolute atomic E-state index is 0.0107. The van der Waals surface area contributed by atoms with Gasteiger partial charge in [0.05, 0.1) is 20.6 Å². The fraction of sp³-hybridized carbons (Fsp3) is 0.594. The molecule has 0 spiro atoms. The van der Waals surface area contributed by atoms with Gasteiger partial charge in [-0.3, -0.25) is 4.79 Å². The average Bonchev–Trinajstić information content (AvgIpc) is 2.87. The number of carbonyl (C=O) groups excluding carboxylic acids is 1. The Morgan fingerprint density at radius 1 is 0.750 bits per heavy atom. The van der Waals surface area contributed by atoms with Crippen molar-refractivity contribution in [2.24, 2.45) is 0 Å². The van der Waals surface area contributed by atoms with Crippen LogP contribution >= 0.6 is 0 Å². The molecule has 0 unspecified atom stereocenters. The Morgan fingerprint density at radius 2 is 1.39 bits per heavy atom. The molecule has 0 N–H and O–H groups in total. The standard InChI is InChI=1S/C32H50NO3/c1-4-5-6-7-8-9-10-11-15-22-30-23-16-17-24-31(30)35-28-36-32(34)25-18-19-26-33(2,3)27-29-20-13-12-14-21-29/h12-14,16-17,20-21,23-24H,4-11,15,18-19,22,25-28H2,1-3H3/q+1. The van der Waals surface area contributed by atoms with E-state index in [4.69, 9.17) is 9.47 Å². The Labute approximate surface area is 220 Å². The van der Waals surface area contributed by atoms with Gasteiger partial charge in [0.15, 0.2) is 0 Å². The molecule has 0 aliphatic rings. The van der Waals surface area contributed by atoms with E-state index in [-0.39, 0.29) is 12.8 Å². The smallest absolute Gasteiger partial charge is 0.308 e. The van der Waals surface area contributed by atoms with Gasteiger partial charge in [-0.25, -0.2) is 0 Å². The first kappa shape index (κ1) is 29.9. The third-order valence-electron chi connectivity index (χ3n) is 6.80. The zero-order chi connectivity index (χ0) is 25.9. The Morgan fingerprint density at radius 3 is 2.11 bits per heavy atom. The van der Waals surface area contributed by atoms with Crippen LogP contribution in [0.2, 0.25) is 0 Å². The zero-order valence-corrected chi connectivity index (χ0v) is 23.2. The molecule has 36 heavy (non-hydrogen) atoms. The van der Waals surface area contributed by atoms with Gasteiger partial charge >= 0.3 is 5.97 Å². The molecule has 0 radical (unpaired) electrons. The number of unbranched alkanes of at least 4 members (excludes halogenated alkanes) is 9. The normalized spacial score (nSPS) is 11.4. The quantitative estimate of drug-likeness (QED) is 0.0804. The van der Waals surface area contributed by atoms with Gasteiger partial charge in [0, 0.05) is 12.0 Å². The molecule has 4 heteroatoms. The second-order valence-electron chi connectivity index (χ2n) is 10.7. The number of hydrogen-bond donors (Lipinski definition) is 0. The lowest BCUT2D eigenvalue weighted by Crippen LogP contribution is -2.39. The molecule has 0 atom stereocenters. The number of benzene rings is 2. The lowest BCUT2D eigenvalue weighted by Gasteiger charge is -2.30. The fourth-order valence-electron chi connectivity index (χ4n) is 4.67. The minimum atomic E-state index is -0.181. The van der Waals surface area contributed by atoms with E-state index in [2.05, 4.69) is 63.5 Å². The van der Waals surface area contributed by atoms with Crippen LogP contribution in [0.5, 0.6) is 5.75 Å². The topological polar surface area (TPSA) is 35.5 Å². The second kappa shape index (κ2) is 18.0. The van der Waals surface area contributed by atoms with Gasteiger partial charge in [-0.05, 0) is 37.3 Å². The lowest BCUT2D eigenvalue weighted by atomic mass is 10.0. The molecule has 2 aromatic carbocycles. The van der Waals surface area contributed by atoms with Crippen LogP contribution in [-0.2, 0) is 22.5 Å². The Bertz CT molecular complexity index is 834. The van der Waals surface area contributed by atoms with E-state index in [1.54, 1.807) is 0 Å².